The molecule has 1 aliphatic heterocycles. The summed E-state index contributed by atoms with van der Waals surface area (Å²) in [6.07, 6.45) is 2.40. The zero-order valence-electron chi connectivity index (χ0n) is 16.2. The van der Waals surface area contributed by atoms with Crippen molar-refractivity contribution in [1.29, 1.82) is 0 Å². The van der Waals surface area contributed by atoms with Crippen LogP contribution in [-0.2, 0) is 10.2 Å². The van der Waals surface area contributed by atoms with Gasteiger partial charge in [-0.05, 0) is 25.5 Å². The van der Waals surface area contributed by atoms with Crippen LogP contribution < -0.4 is 10.6 Å². The number of hydrogen-bond acceptors (Lipinski definition) is 3. The first kappa shape index (κ1) is 19.7. The molecule has 1 saturated heterocycles. The van der Waals surface area contributed by atoms with Crippen LogP contribution in [0.5, 0.6) is 0 Å². The van der Waals surface area contributed by atoms with Crippen molar-refractivity contribution in [2.45, 2.75) is 38.2 Å². The van der Waals surface area contributed by atoms with E-state index in [9.17, 15) is 0 Å². The van der Waals surface area contributed by atoms with Gasteiger partial charge < -0.3 is 20.3 Å². The van der Waals surface area contributed by atoms with Crippen LogP contribution in [0.3, 0.4) is 0 Å². The van der Waals surface area contributed by atoms with E-state index < -0.39 is 0 Å². The van der Waals surface area contributed by atoms with Crippen molar-refractivity contribution >= 4 is 5.96 Å². The third-order valence-corrected chi connectivity index (χ3v) is 5.40. The van der Waals surface area contributed by atoms with Crippen molar-refractivity contribution in [2.24, 2.45) is 4.99 Å². The molecule has 0 aliphatic carbocycles. The van der Waals surface area contributed by atoms with Crippen molar-refractivity contribution in [3.8, 4) is 0 Å². The number of morpholine rings is 1. The Morgan fingerprint density at radius 1 is 1.24 bits per heavy atom. The van der Waals surface area contributed by atoms with E-state index in [-0.39, 0.29) is 11.5 Å². The maximum Gasteiger partial charge on any atom is 0.191 e. The Balaban J connectivity index is 1.91. The first-order valence-corrected chi connectivity index (χ1v) is 9.43. The van der Waals surface area contributed by atoms with Gasteiger partial charge in [0.15, 0.2) is 5.96 Å². The monoisotopic (exact) mass is 346 g/mol. The van der Waals surface area contributed by atoms with Crippen LogP contribution >= 0.6 is 0 Å². The summed E-state index contributed by atoms with van der Waals surface area (Å²) in [5, 5.41) is 6.95. The molecule has 0 aromatic heterocycles. The van der Waals surface area contributed by atoms with Gasteiger partial charge in [-0.3, -0.25) is 4.99 Å². The number of nitrogens with one attached hydrogen (secondary N) is 2. The second kappa shape index (κ2) is 9.78. The van der Waals surface area contributed by atoms with Gasteiger partial charge >= 0.3 is 0 Å². The SMILES string of the molecule is CCC(CC)(CNC(=NC)NCC1CN(C)CCO1)c1ccccc1. The van der Waals surface area contributed by atoms with E-state index in [0.29, 0.717) is 0 Å². The fourth-order valence-corrected chi connectivity index (χ4v) is 3.48. The molecule has 5 nitrogen and oxygen atoms in total. The van der Waals surface area contributed by atoms with Gasteiger partial charge in [-0.1, -0.05) is 44.2 Å². The van der Waals surface area contributed by atoms with Gasteiger partial charge in [-0.25, -0.2) is 0 Å². The number of guanidine groups is 1. The van der Waals surface area contributed by atoms with Gasteiger partial charge in [0.2, 0.25) is 0 Å². The second-order valence-corrected chi connectivity index (χ2v) is 6.92. The Morgan fingerprint density at radius 2 is 1.96 bits per heavy atom. The van der Waals surface area contributed by atoms with Crippen molar-refractivity contribution in [2.75, 3.05) is 46.9 Å². The number of aliphatic imine (C=N–C) groups is 1. The van der Waals surface area contributed by atoms with E-state index in [1.807, 2.05) is 7.05 Å². The Bertz CT molecular complexity index is 528. The lowest BCUT2D eigenvalue weighted by molar-refractivity contribution is -0.0161. The molecule has 0 radical (unpaired) electrons. The van der Waals surface area contributed by atoms with Gasteiger partial charge in [0.1, 0.15) is 0 Å². The minimum Gasteiger partial charge on any atom is -0.374 e. The molecule has 140 valence electrons. The number of rotatable bonds is 7. The van der Waals surface area contributed by atoms with Gasteiger partial charge in [0.25, 0.3) is 0 Å². The van der Waals surface area contributed by atoms with E-state index >= 15 is 0 Å². The van der Waals surface area contributed by atoms with Gasteiger partial charge in [-0.15, -0.1) is 0 Å². The highest BCUT2D eigenvalue weighted by Gasteiger charge is 2.28. The Kier molecular flexibility index (Phi) is 7.72. The first-order valence-electron chi connectivity index (χ1n) is 9.43. The highest BCUT2D eigenvalue weighted by Crippen LogP contribution is 2.30. The molecule has 1 fully saturated rings. The van der Waals surface area contributed by atoms with Gasteiger partial charge in [0, 0.05) is 38.6 Å². The van der Waals surface area contributed by atoms with Crippen molar-refractivity contribution < 1.29 is 4.74 Å². The fraction of sp³-hybridized carbons (Fsp3) is 0.650. The average Bonchev–Trinajstić information content (AvgIpc) is 2.66. The number of benzene rings is 1. The molecule has 0 bridgehead atoms. The molecular formula is C20H34N4O. The minimum absolute atomic E-state index is 0.125. The largest absolute Gasteiger partial charge is 0.374 e. The summed E-state index contributed by atoms with van der Waals surface area (Å²) in [6.45, 7) is 8.95. The van der Waals surface area contributed by atoms with Gasteiger partial charge in [-0.2, -0.15) is 0 Å². The van der Waals surface area contributed by atoms with Gasteiger partial charge in [0.05, 0.1) is 12.7 Å². The quantitative estimate of drug-likeness (QED) is 0.587. The maximum atomic E-state index is 5.81. The summed E-state index contributed by atoms with van der Waals surface area (Å²) in [7, 11) is 3.96. The molecule has 1 unspecified atom stereocenters. The highest BCUT2D eigenvalue weighted by atomic mass is 16.5. The van der Waals surface area contributed by atoms with E-state index in [0.717, 1.165) is 51.6 Å². The molecule has 1 heterocycles. The smallest absolute Gasteiger partial charge is 0.191 e. The molecule has 5 heteroatoms. The molecule has 0 spiro atoms. The molecular weight excluding hydrogens is 312 g/mol. The van der Waals surface area contributed by atoms with Crippen LogP contribution in [0.25, 0.3) is 0 Å². The Hall–Kier alpha value is -1.59. The topological polar surface area (TPSA) is 48.9 Å². The molecule has 2 rings (SSSR count). The number of likely N-dealkylation sites (N-methyl/N-ethyl adjacent to an activating group) is 1. The summed E-state index contributed by atoms with van der Waals surface area (Å²) in [5.74, 6) is 0.846. The average molecular weight is 347 g/mol. The van der Waals surface area contributed by atoms with Crippen molar-refractivity contribution in [1.82, 2.24) is 15.5 Å². The Morgan fingerprint density at radius 3 is 2.56 bits per heavy atom. The highest BCUT2D eigenvalue weighted by molar-refractivity contribution is 5.79. The lowest BCUT2D eigenvalue weighted by atomic mass is 9.76. The van der Waals surface area contributed by atoms with E-state index in [2.05, 4.69) is 71.8 Å². The zero-order valence-corrected chi connectivity index (χ0v) is 16.2. The lowest BCUT2D eigenvalue weighted by Gasteiger charge is -2.34. The summed E-state index contributed by atoms with van der Waals surface area (Å²) in [6, 6.07) is 10.8. The minimum atomic E-state index is 0.125. The standard InChI is InChI=1S/C20H34N4O/c1-5-20(6-2,17-10-8-7-9-11-17)16-23-19(21-3)22-14-18-15-24(4)12-13-25-18/h7-11,18H,5-6,12-16H2,1-4H3,(H2,21,22,23). The lowest BCUT2D eigenvalue weighted by Crippen LogP contribution is -2.50. The van der Waals surface area contributed by atoms with Crippen LogP contribution in [0.4, 0.5) is 0 Å². The normalized spacial score (nSPS) is 19.7. The molecule has 0 amide bonds. The summed E-state index contributed by atoms with van der Waals surface area (Å²) in [4.78, 5) is 6.69. The van der Waals surface area contributed by atoms with Crippen LogP contribution in [0, 0.1) is 0 Å². The van der Waals surface area contributed by atoms with Crippen molar-refractivity contribution in [3.05, 3.63) is 35.9 Å². The first-order chi connectivity index (χ1) is 12.1. The third kappa shape index (κ3) is 5.44. The summed E-state index contributed by atoms with van der Waals surface area (Å²) in [5.41, 5.74) is 1.51. The summed E-state index contributed by atoms with van der Waals surface area (Å²) >= 11 is 0. The van der Waals surface area contributed by atoms with E-state index in [4.69, 9.17) is 4.74 Å². The third-order valence-electron chi connectivity index (χ3n) is 5.40. The molecule has 2 N–H and O–H groups in total. The van der Waals surface area contributed by atoms with Crippen LogP contribution in [0.2, 0.25) is 0 Å². The summed E-state index contributed by atoms with van der Waals surface area (Å²) < 4.78 is 5.81. The molecule has 25 heavy (non-hydrogen) atoms. The van der Waals surface area contributed by atoms with Crippen LogP contribution in [0.15, 0.2) is 35.3 Å². The number of ether oxygens (including phenoxy) is 1. The number of hydrogen-bond donors (Lipinski definition) is 2. The molecule has 0 saturated carbocycles. The predicted octanol–water partition coefficient (Wildman–Crippen LogP) is 2.24. The number of nitrogens with zero attached hydrogens (tertiary/aromatic N) is 2. The maximum absolute atomic E-state index is 5.81. The van der Waals surface area contributed by atoms with Crippen LogP contribution in [0.1, 0.15) is 32.3 Å². The fourth-order valence-electron chi connectivity index (χ4n) is 3.48. The Labute approximate surface area is 152 Å². The van der Waals surface area contributed by atoms with Crippen molar-refractivity contribution in [3.63, 3.8) is 0 Å². The van der Waals surface area contributed by atoms with Crippen LogP contribution in [-0.4, -0.2) is 63.8 Å². The molecule has 1 aromatic carbocycles. The van der Waals surface area contributed by atoms with E-state index in [1.165, 1.54) is 5.56 Å². The second-order valence-electron chi connectivity index (χ2n) is 6.92. The zero-order chi connectivity index (χ0) is 18.1. The predicted molar refractivity (Wildman–Crippen MR) is 105 cm³/mol. The van der Waals surface area contributed by atoms with E-state index in [1.54, 1.807) is 0 Å². The molecule has 1 atom stereocenters. The molecule has 1 aromatic rings. The molecule has 1 aliphatic rings.